The Labute approximate surface area is 135 Å². The Balaban J connectivity index is 1.87. The van der Waals surface area contributed by atoms with Crippen molar-refractivity contribution in [2.45, 2.75) is 25.8 Å². The van der Waals surface area contributed by atoms with E-state index in [2.05, 4.69) is 5.16 Å². The number of aromatic nitrogens is 1. The van der Waals surface area contributed by atoms with Crippen molar-refractivity contribution in [3.8, 4) is 11.5 Å². The van der Waals surface area contributed by atoms with Gasteiger partial charge in [0.05, 0.1) is 26.0 Å². The summed E-state index contributed by atoms with van der Waals surface area (Å²) < 4.78 is 15.9. The summed E-state index contributed by atoms with van der Waals surface area (Å²) in [7, 11) is 3.13. The van der Waals surface area contributed by atoms with Crippen molar-refractivity contribution in [1.82, 2.24) is 10.1 Å². The summed E-state index contributed by atoms with van der Waals surface area (Å²) in [5, 5.41) is 3.93. The van der Waals surface area contributed by atoms with Crippen LogP contribution < -0.4 is 9.47 Å². The number of aryl methyl sites for hydroxylation is 1. The van der Waals surface area contributed by atoms with Gasteiger partial charge in [-0.15, -0.1) is 0 Å². The molecule has 0 saturated carbocycles. The zero-order valence-corrected chi connectivity index (χ0v) is 13.5. The summed E-state index contributed by atoms with van der Waals surface area (Å²) in [6.45, 7) is 2.58. The first-order valence-corrected chi connectivity index (χ1v) is 7.60. The SMILES string of the molecule is COc1ccc(C(=O)N2CCC[C@H]2c2cc(C)no2)cc1OC. The van der Waals surface area contributed by atoms with Crippen LogP contribution in [-0.2, 0) is 0 Å². The molecule has 1 aliphatic heterocycles. The van der Waals surface area contributed by atoms with Gasteiger partial charge >= 0.3 is 0 Å². The molecule has 0 aliphatic carbocycles. The van der Waals surface area contributed by atoms with Crippen LogP contribution >= 0.6 is 0 Å². The number of methoxy groups -OCH3 is 2. The fourth-order valence-electron chi connectivity index (χ4n) is 2.98. The molecule has 2 heterocycles. The summed E-state index contributed by atoms with van der Waals surface area (Å²) in [6, 6.07) is 7.05. The van der Waals surface area contributed by atoms with E-state index >= 15 is 0 Å². The van der Waals surface area contributed by atoms with Crippen LogP contribution in [0.4, 0.5) is 0 Å². The summed E-state index contributed by atoms with van der Waals surface area (Å²) in [5.41, 5.74) is 1.40. The van der Waals surface area contributed by atoms with E-state index < -0.39 is 0 Å². The van der Waals surface area contributed by atoms with Crippen molar-refractivity contribution in [3.05, 3.63) is 41.3 Å². The van der Waals surface area contributed by atoms with Crippen LogP contribution in [-0.4, -0.2) is 36.7 Å². The minimum Gasteiger partial charge on any atom is -0.493 e. The minimum atomic E-state index is -0.0585. The molecule has 3 rings (SSSR count). The largest absolute Gasteiger partial charge is 0.493 e. The predicted octanol–water partition coefficient (Wildman–Crippen LogP) is 2.98. The van der Waals surface area contributed by atoms with Crippen molar-refractivity contribution in [2.24, 2.45) is 0 Å². The Morgan fingerprint density at radius 1 is 1.26 bits per heavy atom. The molecule has 1 aliphatic rings. The van der Waals surface area contributed by atoms with Gasteiger partial charge in [-0.25, -0.2) is 0 Å². The number of amides is 1. The van der Waals surface area contributed by atoms with Crippen LogP contribution in [0.25, 0.3) is 0 Å². The van der Waals surface area contributed by atoms with Gasteiger partial charge in [0.25, 0.3) is 5.91 Å². The number of nitrogens with zero attached hydrogens (tertiary/aromatic N) is 2. The Kier molecular flexibility index (Phi) is 4.23. The fraction of sp³-hybridized carbons (Fsp3) is 0.412. The normalized spacial score (nSPS) is 17.3. The maximum absolute atomic E-state index is 12.9. The number of ether oxygens (including phenoxy) is 2. The quantitative estimate of drug-likeness (QED) is 0.867. The molecular weight excluding hydrogens is 296 g/mol. The zero-order valence-electron chi connectivity index (χ0n) is 13.5. The van der Waals surface area contributed by atoms with E-state index in [1.54, 1.807) is 32.4 Å². The second-order valence-electron chi connectivity index (χ2n) is 5.60. The average Bonchev–Trinajstić information content (AvgIpc) is 3.21. The van der Waals surface area contributed by atoms with E-state index in [9.17, 15) is 4.79 Å². The Morgan fingerprint density at radius 2 is 2.04 bits per heavy atom. The van der Waals surface area contributed by atoms with Crippen LogP contribution in [0.3, 0.4) is 0 Å². The first kappa shape index (κ1) is 15.4. The van der Waals surface area contributed by atoms with Crippen LogP contribution in [0.1, 0.15) is 40.7 Å². The van der Waals surface area contributed by atoms with E-state index in [4.69, 9.17) is 14.0 Å². The van der Waals surface area contributed by atoms with E-state index in [1.165, 1.54) is 0 Å². The molecule has 0 unspecified atom stereocenters. The molecule has 0 spiro atoms. The summed E-state index contributed by atoms with van der Waals surface area (Å²) in [4.78, 5) is 14.7. The van der Waals surface area contributed by atoms with Gasteiger partial charge in [0.2, 0.25) is 0 Å². The highest BCUT2D eigenvalue weighted by molar-refractivity contribution is 5.95. The van der Waals surface area contributed by atoms with E-state index in [0.717, 1.165) is 24.3 Å². The Bertz CT molecular complexity index is 710. The highest BCUT2D eigenvalue weighted by atomic mass is 16.5. The van der Waals surface area contributed by atoms with Crippen molar-refractivity contribution in [3.63, 3.8) is 0 Å². The molecule has 1 amide bonds. The first-order valence-electron chi connectivity index (χ1n) is 7.60. The number of benzene rings is 1. The highest BCUT2D eigenvalue weighted by Gasteiger charge is 2.33. The third-order valence-corrected chi connectivity index (χ3v) is 4.12. The van der Waals surface area contributed by atoms with Crippen LogP contribution in [0, 0.1) is 6.92 Å². The van der Waals surface area contributed by atoms with Crippen molar-refractivity contribution in [1.29, 1.82) is 0 Å². The zero-order chi connectivity index (χ0) is 16.4. The van der Waals surface area contributed by atoms with Gasteiger partial charge in [0, 0.05) is 18.2 Å². The molecule has 6 heteroatoms. The third-order valence-electron chi connectivity index (χ3n) is 4.12. The lowest BCUT2D eigenvalue weighted by Gasteiger charge is -2.23. The average molecular weight is 316 g/mol. The van der Waals surface area contributed by atoms with E-state index in [1.807, 2.05) is 17.9 Å². The standard InChI is InChI=1S/C17H20N2O4/c1-11-9-15(23-18-11)13-5-4-8-19(13)17(20)12-6-7-14(21-2)16(10-12)22-3/h6-7,9-10,13H,4-5,8H2,1-3H3/t13-/m0/s1. The second kappa shape index (κ2) is 6.32. The topological polar surface area (TPSA) is 64.8 Å². The van der Waals surface area contributed by atoms with Gasteiger partial charge in [0.15, 0.2) is 17.3 Å². The van der Waals surface area contributed by atoms with Crippen molar-refractivity contribution >= 4 is 5.91 Å². The van der Waals surface area contributed by atoms with E-state index in [-0.39, 0.29) is 11.9 Å². The minimum absolute atomic E-state index is 0.0393. The van der Waals surface area contributed by atoms with Crippen LogP contribution in [0.2, 0.25) is 0 Å². The predicted molar refractivity (Wildman–Crippen MR) is 83.8 cm³/mol. The molecule has 1 fully saturated rings. The number of hydrogen-bond donors (Lipinski definition) is 0. The Morgan fingerprint density at radius 3 is 2.70 bits per heavy atom. The maximum Gasteiger partial charge on any atom is 0.254 e. The fourth-order valence-corrected chi connectivity index (χ4v) is 2.98. The molecule has 2 aromatic rings. The number of carbonyl (C=O) groups excluding carboxylic acids is 1. The van der Waals surface area contributed by atoms with Crippen LogP contribution in [0.5, 0.6) is 11.5 Å². The van der Waals surface area contributed by atoms with Gasteiger partial charge in [-0.1, -0.05) is 5.16 Å². The van der Waals surface area contributed by atoms with Crippen LogP contribution in [0.15, 0.2) is 28.8 Å². The molecule has 1 saturated heterocycles. The molecular formula is C17H20N2O4. The van der Waals surface area contributed by atoms with Gasteiger partial charge in [0.1, 0.15) is 0 Å². The molecule has 0 N–H and O–H groups in total. The third kappa shape index (κ3) is 2.88. The molecule has 1 aromatic heterocycles. The lowest BCUT2D eigenvalue weighted by Crippen LogP contribution is -2.30. The van der Waals surface area contributed by atoms with Gasteiger partial charge in [-0.2, -0.15) is 0 Å². The molecule has 1 atom stereocenters. The second-order valence-corrected chi connectivity index (χ2v) is 5.60. The van der Waals surface area contributed by atoms with E-state index in [0.29, 0.717) is 23.6 Å². The molecule has 122 valence electrons. The number of hydrogen-bond acceptors (Lipinski definition) is 5. The molecule has 23 heavy (non-hydrogen) atoms. The Hall–Kier alpha value is -2.50. The molecule has 0 radical (unpaired) electrons. The van der Waals surface area contributed by atoms with Gasteiger partial charge in [-0.05, 0) is 38.0 Å². The monoisotopic (exact) mass is 316 g/mol. The van der Waals surface area contributed by atoms with Crippen molar-refractivity contribution in [2.75, 3.05) is 20.8 Å². The summed E-state index contributed by atoms with van der Waals surface area (Å²) in [6.07, 6.45) is 1.83. The molecule has 6 nitrogen and oxygen atoms in total. The van der Waals surface area contributed by atoms with Gasteiger partial charge in [-0.3, -0.25) is 4.79 Å². The lowest BCUT2D eigenvalue weighted by atomic mass is 10.1. The number of carbonyl (C=O) groups is 1. The van der Waals surface area contributed by atoms with Crippen molar-refractivity contribution < 1.29 is 18.8 Å². The molecule has 0 bridgehead atoms. The summed E-state index contributed by atoms with van der Waals surface area (Å²) >= 11 is 0. The first-order chi connectivity index (χ1) is 11.1. The lowest BCUT2D eigenvalue weighted by molar-refractivity contribution is 0.0714. The van der Waals surface area contributed by atoms with Gasteiger partial charge < -0.3 is 18.9 Å². The number of rotatable bonds is 4. The smallest absolute Gasteiger partial charge is 0.254 e. The number of likely N-dealkylation sites (tertiary alicyclic amines) is 1. The highest BCUT2D eigenvalue weighted by Crippen LogP contribution is 2.35. The molecule has 1 aromatic carbocycles. The summed E-state index contributed by atoms with van der Waals surface area (Å²) in [5.74, 6) is 1.86. The maximum atomic E-state index is 12.9.